The highest BCUT2D eigenvalue weighted by Crippen LogP contribution is 2.37. The first kappa shape index (κ1) is 28.9. The van der Waals surface area contributed by atoms with Gasteiger partial charge in [-0.25, -0.2) is 4.79 Å². The third-order valence-corrected chi connectivity index (χ3v) is 6.83. The first-order valence-electron chi connectivity index (χ1n) is 10.9. The number of aromatic hydroxyl groups is 1. The molecule has 0 aliphatic carbocycles. The van der Waals surface area contributed by atoms with Gasteiger partial charge < -0.3 is 41.2 Å². The lowest BCUT2D eigenvalue weighted by atomic mass is 9.97. The number of nitrogens with one attached hydrogen (secondary N) is 1. The molecule has 0 spiro atoms. The molecule has 2 aromatic rings. The lowest BCUT2D eigenvalue weighted by Gasteiger charge is -2.42. The summed E-state index contributed by atoms with van der Waals surface area (Å²) >= 11 is 6.26. The minimum Gasteiger partial charge on any atom is -0.506 e. The van der Waals surface area contributed by atoms with Crippen molar-refractivity contribution in [1.82, 2.24) is 10.2 Å². The molecule has 202 valence electrons. The summed E-state index contributed by atoms with van der Waals surface area (Å²) < 4.78 is 5.87. The molecule has 1 heterocycles. The molecule has 0 aromatic heterocycles. The van der Waals surface area contributed by atoms with Crippen LogP contribution >= 0.6 is 31.9 Å². The van der Waals surface area contributed by atoms with E-state index in [2.05, 4.69) is 42.3 Å². The number of nitrogens with zero attached hydrogens (tertiary/aromatic N) is 2. The van der Waals surface area contributed by atoms with Gasteiger partial charge in [0.25, 0.3) is 5.91 Å². The Bertz CT molecular complexity index is 1260. The number of carbonyl (C=O) groups excluding carboxylic acids is 2. The molecule has 7 N–H and O–H groups in total. The number of amides is 2. The Morgan fingerprint density at radius 2 is 1.74 bits per heavy atom. The van der Waals surface area contributed by atoms with Crippen LogP contribution in [0.2, 0.25) is 0 Å². The van der Waals surface area contributed by atoms with E-state index in [1.807, 2.05) is 0 Å². The van der Waals surface area contributed by atoms with Gasteiger partial charge in [0.05, 0.1) is 22.1 Å². The number of nitrogens with two attached hydrogens (primary N) is 1. The molecule has 13 nitrogen and oxygen atoms in total. The van der Waals surface area contributed by atoms with E-state index in [-0.39, 0.29) is 45.4 Å². The van der Waals surface area contributed by atoms with Crippen LogP contribution in [0.3, 0.4) is 0 Å². The van der Waals surface area contributed by atoms with Crippen molar-refractivity contribution in [2.45, 2.75) is 24.5 Å². The van der Waals surface area contributed by atoms with Crippen molar-refractivity contribution in [3.63, 3.8) is 0 Å². The highest BCUT2D eigenvalue weighted by Gasteiger charge is 2.45. The van der Waals surface area contributed by atoms with E-state index < -0.39 is 47.6 Å². The van der Waals surface area contributed by atoms with Gasteiger partial charge in [0.15, 0.2) is 11.8 Å². The molecule has 3 unspecified atom stereocenters. The highest BCUT2D eigenvalue weighted by atomic mass is 79.9. The highest BCUT2D eigenvalue weighted by molar-refractivity contribution is 9.11. The molecule has 38 heavy (non-hydrogen) atoms. The number of carboxylic acids is 2. The Morgan fingerprint density at radius 1 is 1.13 bits per heavy atom. The number of likely N-dealkylation sites (tertiary alicyclic amines) is 1. The fourth-order valence-electron chi connectivity index (χ4n) is 3.59. The summed E-state index contributed by atoms with van der Waals surface area (Å²) in [4.78, 5) is 49.2. The van der Waals surface area contributed by atoms with Gasteiger partial charge in [0.1, 0.15) is 23.6 Å². The maximum Gasteiger partial charge on any atom is 0.331 e. The molecule has 0 saturated carbocycles. The summed E-state index contributed by atoms with van der Waals surface area (Å²) in [5.74, 6) is -3.75. The summed E-state index contributed by atoms with van der Waals surface area (Å²) in [6.45, 7) is -0.0778. The van der Waals surface area contributed by atoms with Gasteiger partial charge in [-0.2, -0.15) is 0 Å². The number of ether oxygens (including phenoxy) is 1. The Hall–Kier alpha value is -3.69. The van der Waals surface area contributed by atoms with Gasteiger partial charge in [-0.1, -0.05) is 5.16 Å². The average Bonchev–Trinajstić information content (AvgIpc) is 2.87. The van der Waals surface area contributed by atoms with Crippen LogP contribution in [-0.2, 0) is 19.2 Å². The van der Waals surface area contributed by atoms with Gasteiger partial charge in [-0.3, -0.25) is 14.4 Å². The number of phenolic OH excluding ortho intramolecular Hbond substituents is 1. The first-order chi connectivity index (χ1) is 17.9. The Kier molecular flexibility index (Phi) is 9.30. The number of benzene rings is 2. The first-order valence-corrected chi connectivity index (χ1v) is 12.5. The normalized spacial score (nSPS) is 16.8. The third-order valence-electron chi connectivity index (χ3n) is 5.62. The van der Waals surface area contributed by atoms with Crippen LogP contribution in [0.5, 0.6) is 11.5 Å². The molecule has 3 rings (SSSR count). The number of carboxylic acid groups (broad SMARTS) is 2. The average molecular weight is 658 g/mol. The number of hydrogen-bond acceptors (Lipinski definition) is 9. The minimum atomic E-state index is -1.37. The smallest absolute Gasteiger partial charge is 0.331 e. The molecule has 0 radical (unpaired) electrons. The Morgan fingerprint density at radius 3 is 2.24 bits per heavy atom. The summed E-state index contributed by atoms with van der Waals surface area (Å²) in [6, 6.07) is 5.08. The maximum absolute atomic E-state index is 12.7. The SMILES string of the molecule is NC(CCOc1ccc(/C(=N/O)C(=O)NC2CN(C(C(=O)O)c3cc(Br)c(O)c(Br)c3)C2=O)cc1)C(=O)O. The number of phenols is 1. The molecule has 0 bridgehead atoms. The standard InChI is InChI=1S/C23H22Br2N4O9/c24-13-7-11(8-14(25)19(13)30)18(23(35)36)29-9-16(21(29)32)27-20(31)17(28-37)10-1-3-12(4-2-10)38-6-5-15(26)22(33)34/h1-4,7-8,15-16,18,30,37H,5-6,9,26H2,(H,27,31)(H,33,34)(H,35,36)/b28-17-. The third kappa shape index (κ3) is 6.41. The number of oxime groups is 1. The second kappa shape index (κ2) is 12.2. The van der Waals surface area contributed by atoms with Crippen LogP contribution in [0.1, 0.15) is 23.6 Å². The summed E-state index contributed by atoms with van der Waals surface area (Å²) in [5.41, 5.74) is 5.44. The van der Waals surface area contributed by atoms with Crippen LogP contribution in [0, 0.1) is 0 Å². The lowest BCUT2D eigenvalue weighted by Crippen LogP contribution is -2.66. The van der Waals surface area contributed by atoms with Gasteiger partial charge in [-0.15, -0.1) is 0 Å². The zero-order valence-electron chi connectivity index (χ0n) is 19.4. The van der Waals surface area contributed by atoms with Crippen molar-refractivity contribution >= 4 is 61.3 Å². The van der Waals surface area contributed by atoms with Gasteiger partial charge in [-0.05, 0) is 73.8 Å². The zero-order chi connectivity index (χ0) is 28.1. The molecule has 1 aliphatic heterocycles. The van der Waals surface area contributed by atoms with Gasteiger partial charge in [0.2, 0.25) is 5.91 Å². The molecule has 1 saturated heterocycles. The predicted molar refractivity (Wildman–Crippen MR) is 138 cm³/mol. The maximum atomic E-state index is 12.7. The van der Waals surface area contributed by atoms with Crippen molar-refractivity contribution in [2.24, 2.45) is 10.9 Å². The van der Waals surface area contributed by atoms with Crippen molar-refractivity contribution < 1.29 is 44.4 Å². The second-order valence-electron chi connectivity index (χ2n) is 8.15. The lowest BCUT2D eigenvalue weighted by molar-refractivity contribution is -0.160. The van der Waals surface area contributed by atoms with Crippen molar-refractivity contribution in [3.8, 4) is 11.5 Å². The van der Waals surface area contributed by atoms with E-state index >= 15 is 0 Å². The van der Waals surface area contributed by atoms with E-state index in [9.17, 15) is 34.6 Å². The molecule has 2 aromatic carbocycles. The largest absolute Gasteiger partial charge is 0.506 e. The summed E-state index contributed by atoms with van der Waals surface area (Å²) in [5, 5.41) is 43.2. The van der Waals surface area contributed by atoms with Gasteiger partial charge >= 0.3 is 11.9 Å². The van der Waals surface area contributed by atoms with Crippen LogP contribution in [0.25, 0.3) is 0 Å². The second-order valence-corrected chi connectivity index (χ2v) is 9.85. The number of hydrogen-bond donors (Lipinski definition) is 6. The minimum absolute atomic E-state index is 0.0456. The molecular weight excluding hydrogens is 636 g/mol. The molecule has 1 fully saturated rings. The van der Waals surface area contributed by atoms with E-state index in [0.717, 1.165) is 4.90 Å². The molecule has 3 atom stereocenters. The van der Waals surface area contributed by atoms with E-state index in [0.29, 0.717) is 5.75 Å². The van der Waals surface area contributed by atoms with Crippen molar-refractivity contribution in [1.29, 1.82) is 0 Å². The Balaban J connectivity index is 1.62. The van der Waals surface area contributed by atoms with Crippen molar-refractivity contribution in [3.05, 3.63) is 56.5 Å². The number of halogens is 2. The predicted octanol–water partition coefficient (Wildman–Crippen LogP) is 1.43. The molecule has 15 heteroatoms. The van der Waals surface area contributed by atoms with Crippen LogP contribution < -0.4 is 15.8 Å². The van der Waals surface area contributed by atoms with Crippen molar-refractivity contribution in [2.75, 3.05) is 13.2 Å². The number of carbonyl (C=O) groups is 4. The topological polar surface area (TPSA) is 212 Å². The van der Waals surface area contributed by atoms with Gasteiger partial charge in [0, 0.05) is 12.0 Å². The van der Waals surface area contributed by atoms with E-state index in [1.165, 1.54) is 36.4 Å². The quantitative estimate of drug-likeness (QED) is 0.0885. The number of β-lactam (4-membered cyclic amide) rings is 1. The van der Waals surface area contributed by atoms with Crippen LogP contribution in [0.4, 0.5) is 0 Å². The van der Waals surface area contributed by atoms with E-state index in [4.69, 9.17) is 15.6 Å². The monoisotopic (exact) mass is 656 g/mol. The fraction of sp³-hybridized carbons (Fsp3) is 0.261. The summed E-state index contributed by atoms with van der Waals surface area (Å²) in [7, 11) is 0. The molecule has 2 amide bonds. The van der Waals surface area contributed by atoms with Crippen LogP contribution in [0.15, 0.2) is 50.5 Å². The van der Waals surface area contributed by atoms with Crippen LogP contribution in [-0.4, -0.2) is 80.1 Å². The molecule has 1 aliphatic rings. The molecular formula is C23H22Br2N4O9. The Labute approximate surface area is 232 Å². The summed E-state index contributed by atoms with van der Waals surface area (Å²) in [6.07, 6.45) is 0.0826. The zero-order valence-corrected chi connectivity index (χ0v) is 22.5. The fourth-order valence-corrected chi connectivity index (χ4v) is 4.81. The number of aliphatic carboxylic acids is 2. The van der Waals surface area contributed by atoms with E-state index in [1.54, 1.807) is 0 Å². The number of rotatable bonds is 11.